The summed E-state index contributed by atoms with van der Waals surface area (Å²) in [5, 5.41) is 13.3. The molecule has 0 radical (unpaired) electrons. The number of aliphatic carboxylic acids is 1. The summed E-state index contributed by atoms with van der Waals surface area (Å²) < 4.78 is 1.47. The van der Waals surface area contributed by atoms with Gasteiger partial charge in [-0.3, -0.25) is 4.79 Å². The summed E-state index contributed by atoms with van der Waals surface area (Å²) in [7, 11) is 0. The molecule has 0 saturated carbocycles. The Morgan fingerprint density at radius 2 is 2.14 bits per heavy atom. The Kier molecular flexibility index (Phi) is 3.08. The summed E-state index contributed by atoms with van der Waals surface area (Å²) in [6, 6.07) is -0.789. The Balaban J connectivity index is 2.00. The van der Waals surface area contributed by atoms with Crippen LogP contribution in [0.15, 0.2) is 12.5 Å². The molecule has 2 aromatic rings. The highest BCUT2D eigenvalue weighted by Crippen LogP contribution is 2.26. The maximum absolute atomic E-state index is 12.7. The highest BCUT2D eigenvalue weighted by atomic mass is 16.4. The number of carboxylic acids is 1. The van der Waals surface area contributed by atoms with E-state index in [1.807, 2.05) is 6.92 Å². The van der Waals surface area contributed by atoms with Crippen molar-refractivity contribution in [1.82, 2.24) is 24.5 Å². The first-order valence-corrected chi connectivity index (χ1v) is 6.70. The average Bonchev–Trinajstić information content (AvgIpc) is 3.05. The van der Waals surface area contributed by atoms with Crippen LogP contribution in [0, 0.1) is 12.8 Å². The summed E-state index contributed by atoms with van der Waals surface area (Å²) in [4.78, 5) is 33.5. The van der Waals surface area contributed by atoms with Crippen molar-refractivity contribution in [2.24, 2.45) is 5.92 Å². The molecule has 1 amide bonds. The van der Waals surface area contributed by atoms with Crippen LogP contribution in [0.2, 0.25) is 0 Å². The van der Waals surface area contributed by atoms with Gasteiger partial charge in [-0.2, -0.15) is 10.1 Å². The molecule has 2 atom stereocenters. The molecule has 110 valence electrons. The minimum Gasteiger partial charge on any atom is -0.480 e. The largest absolute Gasteiger partial charge is 0.480 e. The van der Waals surface area contributed by atoms with E-state index >= 15 is 0 Å². The zero-order valence-electron chi connectivity index (χ0n) is 11.7. The van der Waals surface area contributed by atoms with Crippen LogP contribution >= 0.6 is 0 Å². The first kappa shape index (κ1) is 13.5. The Labute approximate surface area is 120 Å². The molecule has 3 heterocycles. The molecule has 8 heteroatoms. The van der Waals surface area contributed by atoms with E-state index in [9.17, 15) is 14.7 Å². The smallest absolute Gasteiger partial charge is 0.326 e. The van der Waals surface area contributed by atoms with Gasteiger partial charge in [-0.15, -0.1) is 0 Å². The van der Waals surface area contributed by atoms with Crippen molar-refractivity contribution in [3.8, 4) is 0 Å². The predicted molar refractivity (Wildman–Crippen MR) is 71.8 cm³/mol. The number of fused-ring (bicyclic) bond motifs is 1. The van der Waals surface area contributed by atoms with Crippen molar-refractivity contribution in [2.45, 2.75) is 26.3 Å². The lowest BCUT2D eigenvalue weighted by atomic mass is 10.0. The third-order valence-electron chi connectivity index (χ3n) is 3.99. The van der Waals surface area contributed by atoms with Crippen LogP contribution in [0.4, 0.5) is 0 Å². The molecule has 1 aliphatic rings. The Bertz CT molecular complexity index is 726. The summed E-state index contributed by atoms with van der Waals surface area (Å²) in [6.07, 6.45) is 3.48. The highest BCUT2D eigenvalue weighted by molar-refractivity contribution is 5.97. The molecule has 0 aromatic carbocycles. The van der Waals surface area contributed by atoms with Gasteiger partial charge >= 0.3 is 5.97 Å². The minimum atomic E-state index is -0.971. The molecule has 2 aromatic heterocycles. The predicted octanol–water partition coefficient (Wildman–Crippen LogP) is 0.368. The molecule has 1 fully saturated rings. The average molecular weight is 289 g/mol. The first-order valence-electron chi connectivity index (χ1n) is 6.70. The molecule has 2 unspecified atom stereocenters. The fraction of sp³-hybridized carbons (Fsp3) is 0.462. The van der Waals surface area contributed by atoms with E-state index in [1.54, 1.807) is 6.92 Å². The zero-order valence-corrected chi connectivity index (χ0v) is 11.7. The van der Waals surface area contributed by atoms with Gasteiger partial charge < -0.3 is 10.0 Å². The molecule has 0 aliphatic carbocycles. The van der Waals surface area contributed by atoms with Crippen LogP contribution in [0.25, 0.3) is 5.78 Å². The third-order valence-corrected chi connectivity index (χ3v) is 3.99. The molecule has 0 spiro atoms. The number of amides is 1. The van der Waals surface area contributed by atoms with E-state index in [0.717, 1.165) is 0 Å². The van der Waals surface area contributed by atoms with Crippen molar-refractivity contribution in [3.05, 3.63) is 23.8 Å². The van der Waals surface area contributed by atoms with Crippen LogP contribution in [0.1, 0.15) is 29.4 Å². The standard InChI is InChI=1S/C13H15N5O3/c1-7-3-4-17(10(7)12(20)21)11(19)9-5-14-13-15-6-16-18(13)8(9)2/h5-7,10H,3-4H2,1-2H3,(H,20,21). The number of likely N-dealkylation sites (tertiary alicyclic amines) is 1. The molecular weight excluding hydrogens is 274 g/mol. The number of aromatic nitrogens is 4. The van der Waals surface area contributed by atoms with E-state index < -0.39 is 12.0 Å². The fourth-order valence-electron chi connectivity index (χ4n) is 2.81. The number of carbonyl (C=O) groups excluding carboxylic acids is 1. The number of rotatable bonds is 2. The zero-order chi connectivity index (χ0) is 15.1. The third kappa shape index (κ3) is 2.03. The van der Waals surface area contributed by atoms with Crippen molar-refractivity contribution >= 4 is 17.7 Å². The molecular formula is C13H15N5O3. The molecule has 21 heavy (non-hydrogen) atoms. The second kappa shape index (κ2) is 4.80. The van der Waals surface area contributed by atoms with Gasteiger partial charge in [0.2, 0.25) is 0 Å². The van der Waals surface area contributed by atoms with Crippen molar-refractivity contribution in [1.29, 1.82) is 0 Å². The molecule has 1 aliphatic heterocycles. The Morgan fingerprint density at radius 1 is 1.38 bits per heavy atom. The van der Waals surface area contributed by atoms with Crippen LogP contribution < -0.4 is 0 Å². The normalized spacial score (nSPS) is 21.9. The maximum Gasteiger partial charge on any atom is 0.326 e. The monoisotopic (exact) mass is 289 g/mol. The molecule has 3 rings (SSSR count). The summed E-state index contributed by atoms with van der Waals surface area (Å²) >= 11 is 0. The topological polar surface area (TPSA) is 101 Å². The van der Waals surface area contributed by atoms with Gasteiger partial charge in [-0.05, 0) is 19.3 Å². The van der Waals surface area contributed by atoms with Gasteiger partial charge in [-0.1, -0.05) is 6.92 Å². The van der Waals surface area contributed by atoms with Gasteiger partial charge in [0.15, 0.2) is 0 Å². The SMILES string of the molecule is Cc1c(C(=O)N2CCC(C)C2C(=O)O)cnc2ncnn12. The van der Waals surface area contributed by atoms with Crippen LogP contribution in [0.3, 0.4) is 0 Å². The van der Waals surface area contributed by atoms with E-state index in [4.69, 9.17) is 0 Å². The lowest BCUT2D eigenvalue weighted by Gasteiger charge is -2.23. The van der Waals surface area contributed by atoms with Gasteiger partial charge in [0.05, 0.1) is 11.3 Å². The second-order valence-electron chi connectivity index (χ2n) is 5.28. The lowest BCUT2D eigenvalue weighted by molar-refractivity contribution is -0.142. The summed E-state index contributed by atoms with van der Waals surface area (Å²) in [5.74, 6) is -0.946. The first-order chi connectivity index (χ1) is 10.0. The van der Waals surface area contributed by atoms with E-state index in [1.165, 1.54) is 21.9 Å². The Morgan fingerprint density at radius 3 is 2.86 bits per heavy atom. The number of nitrogens with zero attached hydrogens (tertiary/aromatic N) is 5. The number of hydrogen-bond donors (Lipinski definition) is 1. The molecule has 8 nitrogen and oxygen atoms in total. The molecule has 0 bridgehead atoms. The van der Waals surface area contributed by atoms with Crippen molar-refractivity contribution < 1.29 is 14.7 Å². The minimum absolute atomic E-state index is 0.0604. The summed E-state index contributed by atoms with van der Waals surface area (Å²) in [5.41, 5.74) is 0.958. The van der Waals surface area contributed by atoms with Gasteiger partial charge in [0.25, 0.3) is 11.7 Å². The maximum atomic E-state index is 12.7. The van der Waals surface area contributed by atoms with Gasteiger partial charge in [0.1, 0.15) is 12.4 Å². The highest BCUT2D eigenvalue weighted by Gasteiger charge is 2.40. The Hall–Kier alpha value is -2.51. The van der Waals surface area contributed by atoms with E-state index in [0.29, 0.717) is 30.0 Å². The van der Waals surface area contributed by atoms with Crippen LogP contribution in [-0.4, -0.2) is 54.1 Å². The van der Waals surface area contributed by atoms with E-state index in [2.05, 4.69) is 15.1 Å². The number of carboxylic acid groups (broad SMARTS) is 1. The number of hydrogen-bond acceptors (Lipinski definition) is 5. The van der Waals surface area contributed by atoms with Crippen LogP contribution in [0.5, 0.6) is 0 Å². The van der Waals surface area contributed by atoms with Gasteiger partial charge in [0, 0.05) is 12.7 Å². The van der Waals surface area contributed by atoms with Crippen molar-refractivity contribution in [2.75, 3.05) is 6.54 Å². The van der Waals surface area contributed by atoms with E-state index in [-0.39, 0.29) is 11.8 Å². The lowest BCUT2D eigenvalue weighted by Crippen LogP contribution is -2.43. The number of aryl methyl sites for hydroxylation is 1. The molecule has 1 N–H and O–H groups in total. The second-order valence-corrected chi connectivity index (χ2v) is 5.28. The quantitative estimate of drug-likeness (QED) is 0.857. The summed E-state index contributed by atoms with van der Waals surface area (Å²) in [6.45, 7) is 4.02. The van der Waals surface area contributed by atoms with Crippen molar-refractivity contribution in [3.63, 3.8) is 0 Å². The van der Waals surface area contributed by atoms with Gasteiger partial charge in [-0.25, -0.2) is 14.3 Å². The molecule has 1 saturated heterocycles. The van der Waals surface area contributed by atoms with Crippen LogP contribution in [-0.2, 0) is 4.79 Å². The fourth-order valence-corrected chi connectivity index (χ4v) is 2.81. The number of carbonyl (C=O) groups is 2.